The van der Waals surface area contributed by atoms with Crippen LogP contribution in [0.4, 0.5) is 5.69 Å². The molecule has 5 heteroatoms. The van der Waals surface area contributed by atoms with E-state index < -0.39 is 0 Å². The van der Waals surface area contributed by atoms with Crippen LogP contribution >= 0.6 is 0 Å². The van der Waals surface area contributed by atoms with E-state index in [0.717, 1.165) is 18.7 Å². The average molecular weight is 273 g/mol. The first-order valence-corrected chi connectivity index (χ1v) is 6.75. The fourth-order valence-corrected chi connectivity index (χ4v) is 1.86. The Bertz CT molecular complexity index is 535. The molecule has 0 aliphatic carbocycles. The van der Waals surface area contributed by atoms with Crippen LogP contribution in [-0.2, 0) is 0 Å². The van der Waals surface area contributed by atoms with Crippen LogP contribution in [0.3, 0.4) is 0 Å². The van der Waals surface area contributed by atoms with Gasteiger partial charge in [0.05, 0.1) is 0 Å². The second kappa shape index (κ2) is 6.86. The average Bonchev–Trinajstić information content (AvgIpc) is 3.00. The summed E-state index contributed by atoms with van der Waals surface area (Å²) >= 11 is 0. The van der Waals surface area contributed by atoms with Crippen molar-refractivity contribution in [3.8, 4) is 0 Å². The summed E-state index contributed by atoms with van der Waals surface area (Å²) in [5, 5.41) is 9.79. The van der Waals surface area contributed by atoms with Gasteiger partial charge in [-0.1, -0.05) is 24.2 Å². The van der Waals surface area contributed by atoms with Crippen LogP contribution in [0.2, 0.25) is 0 Å². The van der Waals surface area contributed by atoms with Crippen molar-refractivity contribution in [2.24, 2.45) is 0 Å². The highest BCUT2D eigenvalue weighted by atomic mass is 16.5. The first-order chi connectivity index (χ1) is 9.70. The van der Waals surface area contributed by atoms with Gasteiger partial charge in [0.25, 0.3) is 5.91 Å². The summed E-state index contributed by atoms with van der Waals surface area (Å²) in [6, 6.07) is 9.61. The van der Waals surface area contributed by atoms with Gasteiger partial charge in [-0.25, -0.2) is 0 Å². The number of nitrogens with one attached hydrogen (secondary N) is 2. The molecule has 1 atom stereocenters. The van der Waals surface area contributed by atoms with Gasteiger partial charge in [0.15, 0.2) is 5.69 Å². The molecule has 0 spiro atoms. The van der Waals surface area contributed by atoms with Crippen LogP contribution in [0.15, 0.2) is 41.1 Å². The molecule has 0 saturated heterocycles. The van der Waals surface area contributed by atoms with Gasteiger partial charge in [-0.2, -0.15) is 0 Å². The van der Waals surface area contributed by atoms with Crippen molar-refractivity contribution in [1.82, 2.24) is 10.5 Å². The lowest BCUT2D eigenvalue weighted by molar-refractivity contribution is 0.101. The minimum atomic E-state index is -0.274. The minimum Gasteiger partial charge on any atom is -0.364 e. The zero-order chi connectivity index (χ0) is 14.4. The van der Waals surface area contributed by atoms with Gasteiger partial charge in [0.1, 0.15) is 6.26 Å². The fraction of sp³-hybridized carbons (Fsp3) is 0.333. The molecule has 1 unspecified atom stereocenters. The maximum Gasteiger partial charge on any atom is 0.277 e. The van der Waals surface area contributed by atoms with E-state index >= 15 is 0 Å². The first kappa shape index (κ1) is 14.3. The largest absolute Gasteiger partial charge is 0.364 e. The fourth-order valence-electron chi connectivity index (χ4n) is 1.86. The predicted molar refractivity (Wildman–Crippen MR) is 77.6 cm³/mol. The summed E-state index contributed by atoms with van der Waals surface area (Å²) in [5.74, 6) is -0.274. The molecular weight excluding hydrogens is 254 g/mol. The minimum absolute atomic E-state index is 0.270. The maximum atomic E-state index is 11.8. The van der Waals surface area contributed by atoms with E-state index in [9.17, 15) is 4.79 Å². The summed E-state index contributed by atoms with van der Waals surface area (Å²) in [5.41, 5.74) is 2.20. The van der Waals surface area contributed by atoms with Crippen molar-refractivity contribution >= 4 is 11.6 Å². The molecule has 0 fully saturated rings. The number of hydrogen-bond donors (Lipinski definition) is 2. The highest BCUT2D eigenvalue weighted by Crippen LogP contribution is 2.16. The summed E-state index contributed by atoms with van der Waals surface area (Å²) in [7, 11) is 0. The Kier molecular flexibility index (Phi) is 4.90. The second-order valence-corrected chi connectivity index (χ2v) is 4.64. The Labute approximate surface area is 118 Å². The molecule has 0 radical (unpaired) electrons. The molecule has 0 aliphatic rings. The number of nitrogens with zero attached hydrogens (tertiary/aromatic N) is 1. The molecule has 2 aromatic rings. The number of hydrogen-bond acceptors (Lipinski definition) is 4. The van der Waals surface area contributed by atoms with E-state index in [1.54, 1.807) is 0 Å². The van der Waals surface area contributed by atoms with Gasteiger partial charge in [-0.05, 0) is 37.6 Å². The van der Waals surface area contributed by atoms with Crippen molar-refractivity contribution < 1.29 is 9.32 Å². The summed E-state index contributed by atoms with van der Waals surface area (Å²) in [6.45, 7) is 5.26. The molecule has 0 aliphatic heterocycles. The van der Waals surface area contributed by atoms with Crippen molar-refractivity contribution in [3.05, 3.63) is 47.9 Å². The molecule has 20 heavy (non-hydrogen) atoms. The lowest BCUT2D eigenvalue weighted by Crippen LogP contribution is -2.19. The van der Waals surface area contributed by atoms with E-state index in [1.165, 1.54) is 17.9 Å². The van der Waals surface area contributed by atoms with Crippen LogP contribution in [0.5, 0.6) is 0 Å². The number of amides is 1. The van der Waals surface area contributed by atoms with Crippen molar-refractivity contribution in [3.63, 3.8) is 0 Å². The van der Waals surface area contributed by atoms with E-state index in [0.29, 0.717) is 6.04 Å². The molecule has 2 rings (SSSR count). The second-order valence-electron chi connectivity index (χ2n) is 4.64. The molecule has 1 aromatic heterocycles. The molecule has 106 valence electrons. The quantitative estimate of drug-likeness (QED) is 0.849. The first-order valence-electron chi connectivity index (χ1n) is 6.75. The number of aromatic nitrogens is 1. The van der Waals surface area contributed by atoms with Crippen LogP contribution in [0.25, 0.3) is 0 Å². The van der Waals surface area contributed by atoms with Crippen LogP contribution in [-0.4, -0.2) is 17.6 Å². The molecule has 0 bridgehead atoms. The van der Waals surface area contributed by atoms with Crippen molar-refractivity contribution in [2.75, 3.05) is 11.9 Å². The van der Waals surface area contributed by atoms with E-state index in [1.807, 2.05) is 24.3 Å². The van der Waals surface area contributed by atoms with Gasteiger partial charge in [-0.15, -0.1) is 0 Å². The Morgan fingerprint density at radius 2 is 2.05 bits per heavy atom. The van der Waals surface area contributed by atoms with E-state index in [-0.39, 0.29) is 11.6 Å². The Morgan fingerprint density at radius 1 is 1.30 bits per heavy atom. The van der Waals surface area contributed by atoms with Crippen molar-refractivity contribution in [2.45, 2.75) is 26.3 Å². The molecular formula is C15H19N3O2. The third-order valence-corrected chi connectivity index (χ3v) is 3.04. The van der Waals surface area contributed by atoms with Crippen molar-refractivity contribution in [1.29, 1.82) is 0 Å². The SMILES string of the molecule is CCCNC(C)c1ccc(NC(=O)c2ccon2)cc1. The lowest BCUT2D eigenvalue weighted by atomic mass is 10.1. The van der Waals surface area contributed by atoms with Crippen LogP contribution < -0.4 is 10.6 Å². The maximum absolute atomic E-state index is 11.8. The molecule has 0 saturated carbocycles. The van der Waals surface area contributed by atoms with E-state index in [2.05, 4.69) is 34.2 Å². The number of anilines is 1. The topological polar surface area (TPSA) is 67.2 Å². The summed E-state index contributed by atoms with van der Waals surface area (Å²) < 4.78 is 4.64. The van der Waals surface area contributed by atoms with Gasteiger partial charge >= 0.3 is 0 Å². The standard InChI is InChI=1S/C15H19N3O2/c1-3-9-16-11(2)12-4-6-13(7-5-12)17-15(19)14-8-10-20-18-14/h4-8,10-11,16H,3,9H2,1-2H3,(H,17,19). The smallest absolute Gasteiger partial charge is 0.277 e. The normalized spacial score (nSPS) is 12.1. The van der Waals surface area contributed by atoms with E-state index in [4.69, 9.17) is 0 Å². The van der Waals surface area contributed by atoms with Gasteiger partial charge < -0.3 is 15.2 Å². The zero-order valence-corrected chi connectivity index (χ0v) is 11.7. The monoisotopic (exact) mass is 273 g/mol. The van der Waals surface area contributed by atoms with Gasteiger partial charge in [-0.3, -0.25) is 4.79 Å². The predicted octanol–water partition coefficient (Wildman–Crippen LogP) is 2.99. The number of carbonyl (C=O) groups excluding carboxylic acids is 1. The van der Waals surface area contributed by atoms with Crippen LogP contribution in [0.1, 0.15) is 42.4 Å². The summed E-state index contributed by atoms with van der Waals surface area (Å²) in [4.78, 5) is 11.8. The Hall–Kier alpha value is -2.14. The molecule has 2 N–H and O–H groups in total. The lowest BCUT2D eigenvalue weighted by Gasteiger charge is -2.14. The van der Waals surface area contributed by atoms with Gasteiger partial charge in [0, 0.05) is 17.8 Å². The molecule has 5 nitrogen and oxygen atoms in total. The Morgan fingerprint density at radius 3 is 2.65 bits per heavy atom. The number of benzene rings is 1. The third-order valence-electron chi connectivity index (χ3n) is 3.04. The molecule has 1 amide bonds. The Balaban J connectivity index is 1.96. The molecule has 1 heterocycles. The molecule has 1 aromatic carbocycles. The highest BCUT2D eigenvalue weighted by molar-refractivity contribution is 6.02. The number of rotatable bonds is 6. The third kappa shape index (κ3) is 3.68. The highest BCUT2D eigenvalue weighted by Gasteiger charge is 2.09. The number of carbonyl (C=O) groups is 1. The van der Waals surface area contributed by atoms with Gasteiger partial charge in [0.2, 0.25) is 0 Å². The van der Waals surface area contributed by atoms with Crippen LogP contribution in [0, 0.1) is 0 Å². The zero-order valence-electron chi connectivity index (χ0n) is 11.7. The summed E-state index contributed by atoms with van der Waals surface area (Å²) in [6.07, 6.45) is 2.48.